The van der Waals surface area contributed by atoms with Crippen molar-refractivity contribution in [3.63, 3.8) is 0 Å². The lowest BCUT2D eigenvalue weighted by molar-refractivity contribution is -0.117. The molecule has 1 unspecified atom stereocenters. The predicted octanol–water partition coefficient (Wildman–Crippen LogP) is 3.85. The van der Waals surface area contributed by atoms with Crippen LogP contribution in [-0.2, 0) is 9.53 Å². The molecule has 1 aromatic carbocycles. The summed E-state index contributed by atoms with van der Waals surface area (Å²) < 4.78 is 5.41. The zero-order chi connectivity index (χ0) is 14.8. The molecule has 0 bridgehead atoms. The molecule has 104 valence electrons. The summed E-state index contributed by atoms with van der Waals surface area (Å²) in [5, 5.41) is -0.463. The van der Waals surface area contributed by atoms with E-state index in [9.17, 15) is 9.59 Å². The molecule has 2 rings (SSSR count). The fourth-order valence-corrected chi connectivity index (χ4v) is 2.06. The van der Waals surface area contributed by atoms with E-state index < -0.39 is 16.6 Å². The second-order valence-electron chi connectivity index (χ2n) is 5.06. The molecule has 0 saturated heterocycles. The van der Waals surface area contributed by atoms with Crippen LogP contribution < -0.4 is 0 Å². The Bertz CT molecular complexity index is 601. The lowest BCUT2D eigenvalue weighted by atomic mass is 9.82. The number of hydrogen-bond donors (Lipinski definition) is 0. The number of ether oxygens (including phenoxy) is 1. The Labute approximate surface area is 122 Å². The summed E-state index contributed by atoms with van der Waals surface area (Å²) in [5.41, 5.74) is 0.471. The van der Waals surface area contributed by atoms with Crippen molar-refractivity contribution in [1.29, 1.82) is 0 Å². The first-order valence-corrected chi connectivity index (χ1v) is 6.66. The van der Waals surface area contributed by atoms with Crippen LogP contribution >= 0.6 is 11.6 Å². The Morgan fingerprint density at radius 2 is 1.90 bits per heavy atom. The number of allylic oxidation sites excluding steroid dienone is 4. The van der Waals surface area contributed by atoms with Crippen molar-refractivity contribution >= 4 is 22.8 Å². The Hall–Kier alpha value is -1.87. The number of hydrogen-bond acceptors (Lipinski definition) is 3. The molecule has 1 atom stereocenters. The smallest absolute Gasteiger partial charge is 0.343 e. The lowest BCUT2D eigenvalue weighted by Crippen LogP contribution is -2.26. The van der Waals surface area contributed by atoms with Gasteiger partial charge in [0.05, 0.1) is 11.0 Å². The minimum Gasteiger partial charge on any atom is -0.427 e. The van der Waals surface area contributed by atoms with Gasteiger partial charge in [-0.3, -0.25) is 4.79 Å². The summed E-state index contributed by atoms with van der Waals surface area (Å²) in [6, 6.07) is 8.73. The van der Waals surface area contributed by atoms with Crippen LogP contribution in [-0.4, -0.2) is 11.2 Å². The number of esters is 1. The van der Waals surface area contributed by atoms with Crippen molar-refractivity contribution in [2.45, 2.75) is 20.3 Å². The highest BCUT2D eigenvalue weighted by molar-refractivity contribution is 6.65. The molecule has 20 heavy (non-hydrogen) atoms. The van der Waals surface area contributed by atoms with Gasteiger partial charge >= 0.3 is 5.97 Å². The maximum Gasteiger partial charge on any atom is 0.343 e. The maximum absolute atomic E-state index is 12.0. The summed E-state index contributed by atoms with van der Waals surface area (Å²) in [4.78, 5) is 23.5. The van der Waals surface area contributed by atoms with Crippen LogP contribution in [0.4, 0.5) is 0 Å². The Morgan fingerprint density at radius 1 is 1.25 bits per heavy atom. The van der Waals surface area contributed by atoms with Gasteiger partial charge in [0, 0.05) is 6.42 Å². The third-order valence-electron chi connectivity index (χ3n) is 3.34. The highest BCUT2D eigenvalue weighted by atomic mass is 35.5. The van der Waals surface area contributed by atoms with Crippen molar-refractivity contribution < 1.29 is 14.3 Å². The third kappa shape index (κ3) is 2.99. The van der Waals surface area contributed by atoms with Crippen LogP contribution in [0.5, 0.6) is 0 Å². The fraction of sp³-hybridized carbons (Fsp3) is 0.250. The minimum atomic E-state index is -0.826. The van der Waals surface area contributed by atoms with Gasteiger partial charge < -0.3 is 4.74 Å². The first-order chi connectivity index (χ1) is 9.42. The number of rotatable bonds is 3. The van der Waals surface area contributed by atoms with E-state index in [4.69, 9.17) is 16.3 Å². The van der Waals surface area contributed by atoms with Gasteiger partial charge in [0.2, 0.25) is 5.24 Å². The average Bonchev–Trinajstić information content (AvgIpc) is 2.44. The van der Waals surface area contributed by atoms with Gasteiger partial charge in [0.15, 0.2) is 0 Å². The van der Waals surface area contributed by atoms with E-state index in [1.807, 2.05) is 13.0 Å². The molecular formula is C16H15ClO3. The molecule has 0 N–H and O–H groups in total. The van der Waals surface area contributed by atoms with Crippen molar-refractivity contribution in [1.82, 2.24) is 0 Å². The van der Waals surface area contributed by atoms with Crippen molar-refractivity contribution in [2.75, 3.05) is 0 Å². The van der Waals surface area contributed by atoms with Crippen LogP contribution in [0.2, 0.25) is 0 Å². The highest BCUT2D eigenvalue weighted by Crippen LogP contribution is 2.36. The summed E-state index contributed by atoms with van der Waals surface area (Å²) in [5.74, 6) is 0.0532. The van der Waals surface area contributed by atoms with E-state index in [-0.39, 0.29) is 6.42 Å². The summed E-state index contributed by atoms with van der Waals surface area (Å²) in [7, 11) is 0. The van der Waals surface area contributed by atoms with Gasteiger partial charge in [-0.05, 0) is 43.2 Å². The van der Waals surface area contributed by atoms with E-state index in [0.29, 0.717) is 11.3 Å². The molecule has 0 aliphatic heterocycles. The summed E-state index contributed by atoms with van der Waals surface area (Å²) in [6.45, 7) is 3.56. The Balaban J connectivity index is 2.19. The van der Waals surface area contributed by atoms with Crippen molar-refractivity contribution in [2.24, 2.45) is 5.41 Å². The molecule has 1 aliphatic rings. The van der Waals surface area contributed by atoms with Crippen LogP contribution in [0.1, 0.15) is 30.6 Å². The van der Waals surface area contributed by atoms with Gasteiger partial charge in [0.1, 0.15) is 5.76 Å². The third-order valence-corrected chi connectivity index (χ3v) is 3.77. The summed E-state index contributed by atoms with van der Waals surface area (Å²) >= 11 is 5.61. The molecule has 4 heteroatoms. The molecule has 0 amide bonds. The Morgan fingerprint density at radius 3 is 2.50 bits per heavy atom. The number of benzene rings is 1. The van der Waals surface area contributed by atoms with E-state index in [1.165, 1.54) is 0 Å². The van der Waals surface area contributed by atoms with Gasteiger partial charge in [-0.15, -0.1) is 0 Å². The van der Waals surface area contributed by atoms with E-state index in [0.717, 1.165) is 5.57 Å². The zero-order valence-corrected chi connectivity index (χ0v) is 12.1. The predicted molar refractivity (Wildman–Crippen MR) is 77.3 cm³/mol. The first-order valence-electron chi connectivity index (χ1n) is 6.28. The normalized spacial score (nSPS) is 21.8. The maximum atomic E-state index is 12.0. The molecule has 0 fully saturated rings. The lowest BCUT2D eigenvalue weighted by Gasteiger charge is -2.26. The van der Waals surface area contributed by atoms with Crippen molar-refractivity contribution in [3.05, 3.63) is 59.4 Å². The molecule has 1 aromatic rings. The first kappa shape index (κ1) is 14.5. The van der Waals surface area contributed by atoms with Gasteiger partial charge in [-0.25, -0.2) is 4.79 Å². The largest absolute Gasteiger partial charge is 0.427 e. The molecule has 0 radical (unpaired) electrons. The quantitative estimate of drug-likeness (QED) is 0.627. The molecular weight excluding hydrogens is 276 g/mol. The van der Waals surface area contributed by atoms with Crippen LogP contribution in [0.3, 0.4) is 0 Å². The Kier molecular flexibility index (Phi) is 4.09. The van der Waals surface area contributed by atoms with Crippen LogP contribution in [0, 0.1) is 5.41 Å². The number of carbonyl (C=O) groups is 2. The topological polar surface area (TPSA) is 43.4 Å². The minimum absolute atomic E-state index is 0.288. The van der Waals surface area contributed by atoms with Gasteiger partial charge in [-0.2, -0.15) is 0 Å². The van der Waals surface area contributed by atoms with Gasteiger partial charge in [0.25, 0.3) is 0 Å². The average molecular weight is 291 g/mol. The van der Waals surface area contributed by atoms with Crippen molar-refractivity contribution in [3.8, 4) is 0 Å². The standard InChI is InChI=1S/C16H15ClO3/c1-11-8-9-16(2,15(17)19)10-13(11)20-14(18)12-6-4-3-5-7-12/h3-9H,10H2,1-2H3. The molecule has 0 saturated carbocycles. The zero-order valence-electron chi connectivity index (χ0n) is 11.4. The SMILES string of the molecule is CC1=C(OC(=O)c2ccccc2)CC(C)(C(=O)Cl)C=C1. The van der Waals surface area contributed by atoms with Gasteiger partial charge in [-0.1, -0.05) is 30.4 Å². The van der Waals surface area contributed by atoms with Crippen LogP contribution in [0.25, 0.3) is 0 Å². The molecule has 0 spiro atoms. The molecule has 1 aliphatic carbocycles. The molecule has 3 nitrogen and oxygen atoms in total. The van der Waals surface area contributed by atoms with E-state index in [1.54, 1.807) is 43.3 Å². The number of carbonyl (C=O) groups excluding carboxylic acids is 2. The monoisotopic (exact) mass is 290 g/mol. The summed E-state index contributed by atoms with van der Waals surface area (Å²) in [6.07, 6.45) is 3.80. The van der Waals surface area contributed by atoms with Crippen LogP contribution in [0.15, 0.2) is 53.8 Å². The molecule has 0 heterocycles. The molecule has 0 aromatic heterocycles. The highest BCUT2D eigenvalue weighted by Gasteiger charge is 2.34. The second kappa shape index (κ2) is 5.63. The van der Waals surface area contributed by atoms with E-state index >= 15 is 0 Å². The van der Waals surface area contributed by atoms with E-state index in [2.05, 4.69) is 0 Å². The number of halogens is 1. The second-order valence-corrected chi connectivity index (χ2v) is 5.41. The fourth-order valence-electron chi connectivity index (χ4n) is 1.93.